The largest absolute Gasteiger partial charge is 0.394 e. The molecule has 0 bridgehead atoms. The zero-order chi connectivity index (χ0) is 11.7. The van der Waals surface area contributed by atoms with Crippen LogP contribution in [-0.2, 0) is 9.16 Å². The first kappa shape index (κ1) is 13.2. The molecule has 0 saturated carbocycles. The first-order chi connectivity index (χ1) is 6.76. The third-order valence-corrected chi connectivity index (χ3v) is 7.97. The van der Waals surface area contributed by atoms with Gasteiger partial charge in [-0.25, -0.2) is 0 Å². The van der Waals surface area contributed by atoms with Crippen LogP contribution in [0.3, 0.4) is 0 Å². The van der Waals surface area contributed by atoms with E-state index in [4.69, 9.17) is 14.3 Å². The third-order valence-electron chi connectivity index (χ3n) is 3.50. The summed E-state index contributed by atoms with van der Waals surface area (Å²) >= 11 is 0. The van der Waals surface area contributed by atoms with E-state index in [0.717, 1.165) is 12.8 Å². The van der Waals surface area contributed by atoms with E-state index in [1.807, 2.05) is 0 Å². The maximum Gasteiger partial charge on any atom is 0.195 e. The van der Waals surface area contributed by atoms with Gasteiger partial charge in [0, 0.05) is 0 Å². The number of aliphatic hydroxyl groups is 1. The maximum atomic E-state index is 8.97. The SMILES string of the molecule is CC(C)(C)[Si](C)(C)OC1CC[C@@H](CO)O1. The fourth-order valence-corrected chi connectivity index (χ4v) is 2.58. The first-order valence-corrected chi connectivity index (χ1v) is 8.61. The van der Waals surface area contributed by atoms with Gasteiger partial charge >= 0.3 is 0 Å². The van der Waals surface area contributed by atoms with Crippen molar-refractivity contribution in [2.24, 2.45) is 0 Å². The van der Waals surface area contributed by atoms with Crippen molar-refractivity contribution in [2.75, 3.05) is 6.61 Å². The molecule has 4 heteroatoms. The van der Waals surface area contributed by atoms with Gasteiger partial charge in [-0.1, -0.05) is 20.8 Å². The molecule has 1 fully saturated rings. The lowest BCUT2D eigenvalue weighted by Crippen LogP contribution is -2.44. The Morgan fingerprint density at radius 1 is 1.33 bits per heavy atom. The van der Waals surface area contributed by atoms with Crippen LogP contribution in [0.4, 0.5) is 0 Å². The van der Waals surface area contributed by atoms with Gasteiger partial charge in [0.25, 0.3) is 0 Å². The van der Waals surface area contributed by atoms with Crippen LogP contribution in [0.1, 0.15) is 33.6 Å². The highest BCUT2D eigenvalue weighted by molar-refractivity contribution is 6.74. The van der Waals surface area contributed by atoms with Crippen molar-refractivity contribution in [3.63, 3.8) is 0 Å². The van der Waals surface area contributed by atoms with Gasteiger partial charge in [0.15, 0.2) is 8.32 Å². The summed E-state index contributed by atoms with van der Waals surface area (Å²) in [5.41, 5.74) is 0. The van der Waals surface area contributed by atoms with Gasteiger partial charge in [-0.05, 0) is 31.0 Å². The molecule has 0 amide bonds. The van der Waals surface area contributed by atoms with Crippen molar-refractivity contribution >= 4 is 8.32 Å². The van der Waals surface area contributed by atoms with E-state index >= 15 is 0 Å². The summed E-state index contributed by atoms with van der Waals surface area (Å²) in [6.07, 6.45) is 1.72. The minimum Gasteiger partial charge on any atom is -0.394 e. The minimum absolute atomic E-state index is 0.0141. The van der Waals surface area contributed by atoms with E-state index in [9.17, 15) is 0 Å². The van der Waals surface area contributed by atoms with Crippen molar-refractivity contribution in [1.29, 1.82) is 0 Å². The predicted molar refractivity (Wildman–Crippen MR) is 63.3 cm³/mol. The van der Waals surface area contributed by atoms with Crippen molar-refractivity contribution in [3.8, 4) is 0 Å². The molecule has 1 N–H and O–H groups in total. The highest BCUT2D eigenvalue weighted by Crippen LogP contribution is 2.38. The Labute approximate surface area is 93.9 Å². The van der Waals surface area contributed by atoms with Crippen molar-refractivity contribution < 1.29 is 14.3 Å². The zero-order valence-electron chi connectivity index (χ0n) is 10.5. The van der Waals surface area contributed by atoms with Gasteiger partial charge < -0.3 is 14.3 Å². The highest BCUT2D eigenvalue weighted by atomic mass is 28.4. The zero-order valence-corrected chi connectivity index (χ0v) is 11.5. The Morgan fingerprint density at radius 2 is 1.93 bits per heavy atom. The van der Waals surface area contributed by atoms with E-state index < -0.39 is 8.32 Å². The number of rotatable bonds is 3. The average molecular weight is 232 g/mol. The lowest BCUT2D eigenvalue weighted by atomic mass is 10.2. The first-order valence-electron chi connectivity index (χ1n) is 5.70. The molecule has 0 aliphatic carbocycles. The standard InChI is InChI=1S/C11H24O3Si/c1-11(2,3)15(4,5)14-10-7-6-9(8-12)13-10/h9-10,12H,6-8H2,1-5H3/t9-,10?/m0/s1. The van der Waals surface area contributed by atoms with Crippen LogP contribution in [0.2, 0.25) is 18.1 Å². The van der Waals surface area contributed by atoms with E-state index in [0.29, 0.717) is 0 Å². The maximum absolute atomic E-state index is 8.97. The van der Waals surface area contributed by atoms with Crippen LogP contribution in [0.25, 0.3) is 0 Å². The summed E-state index contributed by atoms with van der Waals surface area (Å²) in [6, 6.07) is 0. The van der Waals surface area contributed by atoms with Crippen LogP contribution in [-0.4, -0.2) is 32.4 Å². The van der Waals surface area contributed by atoms with Gasteiger partial charge in [-0.15, -0.1) is 0 Å². The van der Waals surface area contributed by atoms with Gasteiger partial charge in [0.1, 0.15) is 6.29 Å². The van der Waals surface area contributed by atoms with Gasteiger partial charge in [-0.2, -0.15) is 0 Å². The smallest absolute Gasteiger partial charge is 0.195 e. The topological polar surface area (TPSA) is 38.7 Å². The number of hydrogen-bond acceptors (Lipinski definition) is 3. The van der Waals surface area contributed by atoms with E-state index in [2.05, 4.69) is 33.9 Å². The van der Waals surface area contributed by atoms with Gasteiger partial charge in [-0.3, -0.25) is 0 Å². The second-order valence-corrected chi connectivity index (χ2v) is 10.6. The molecule has 3 nitrogen and oxygen atoms in total. The fraction of sp³-hybridized carbons (Fsp3) is 1.00. The molecule has 0 spiro atoms. The summed E-state index contributed by atoms with van der Waals surface area (Å²) in [5.74, 6) is 0. The van der Waals surface area contributed by atoms with Gasteiger partial charge in [0.05, 0.1) is 12.7 Å². The highest BCUT2D eigenvalue weighted by Gasteiger charge is 2.41. The summed E-state index contributed by atoms with van der Waals surface area (Å²) in [4.78, 5) is 0. The molecular weight excluding hydrogens is 208 g/mol. The lowest BCUT2D eigenvalue weighted by molar-refractivity contribution is -0.0920. The average Bonchev–Trinajstić information content (AvgIpc) is 2.49. The molecule has 1 saturated heterocycles. The molecular formula is C11H24O3Si. The van der Waals surface area contributed by atoms with Gasteiger partial charge in [0.2, 0.25) is 0 Å². The second-order valence-electron chi connectivity index (χ2n) is 5.83. The second kappa shape index (κ2) is 4.53. The van der Waals surface area contributed by atoms with Crippen molar-refractivity contribution in [2.45, 2.75) is 64.1 Å². The Bertz CT molecular complexity index is 210. The number of aliphatic hydroxyl groups excluding tert-OH is 1. The van der Waals surface area contributed by atoms with Crippen molar-refractivity contribution in [1.82, 2.24) is 0 Å². The molecule has 0 radical (unpaired) electrons. The summed E-state index contributed by atoms with van der Waals surface area (Å²) in [7, 11) is -1.72. The number of hydrogen-bond donors (Lipinski definition) is 1. The Morgan fingerprint density at radius 3 is 2.33 bits per heavy atom. The molecule has 0 aromatic carbocycles. The number of ether oxygens (including phenoxy) is 1. The summed E-state index contributed by atoms with van der Waals surface area (Å²) in [6.45, 7) is 11.2. The Hall–Kier alpha value is 0.0969. The van der Waals surface area contributed by atoms with Crippen molar-refractivity contribution in [3.05, 3.63) is 0 Å². The normalized spacial score (nSPS) is 28.4. The molecule has 1 rings (SSSR count). The Balaban J connectivity index is 2.49. The van der Waals surface area contributed by atoms with Crippen LogP contribution in [0, 0.1) is 0 Å². The molecule has 1 heterocycles. The third kappa shape index (κ3) is 3.28. The molecule has 0 aromatic rings. The van der Waals surface area contributed by atoms with E-state index in [-0.39, 0.29) is 24.0 Å². The molecule has 2 atom stereocenters. The van der Waals surface area contributed by atoms with E-state index in [1.54, 1.807) is 0 Å². The quantitative estimate of drug-likeness (QED) is 0.760. The fourth-order valence-electron chi connectivity index (χ4n) is 1.40. The monoisotopic (exact) mass is 232 g/mol. The van der Waals surface area contributed by atoms with Crippen LogP contribution in [0.15, 0.2) is 0 Å². The molecule has 1 unspecified atom stereocenters. The molecule has 15 heavy (non-hydrogen) atoms. The van der Waals surface area contributed by atoms with Crippen LogP contribution >= 0.6 is 0 Å². The van der Waals surface area contributed by atoms with Crippen LogP contribution in [0.5, 0.6) is 0 Å². The van der Waals surface area contributed by atoms with E-state index in [1.165, 1.54) is 0 Å². The summed E-state index contributed by atoms with van der Waals surface area (Å²) in [5, 5.41) is 9.19. The summed E-state index contributed by atoms with van der Waals surface area (Å²) < 4.78 is 11.7. The predicted octanol–water partition coefficient (Wildman–Crippen LogP) is 2.51. The minimum atomic E-state index is -1.72. The molecule has 1 aliphatic rings. The molecule has 0 aromatic heterocycles. The Kier molecular flexibility index (Phi) is 3.98. The van der Waals surface area contributed by atoms with Crippen LogP contribution < -0.4 is 0 Å². The lowest BCUT2D eigenvalue weighted by Gasteiger charge is -2.38. The molecule has 1 aliphatic heterocycles. The molecule has 90 valence electrons.